The standard InChI is InChI=1S/C10H12N4S/c1-5-3-8-9(15-6(2)13-8)4-7(5)14-10(11)12/h3-4H,1-2H3,(H4,11,12,14). The van der Waals surface area contributed by atoms with Crippen LogP contribution in [0.4, 0.5) is 5.69 Å². The Morgan fingerprint density at radius 3 is 2.73 bits per heavy atom. The Morgan fingerprint density at radius 2 is 2.07 bits per heavy atom. The van der Waals surface area contributed by atoms with Crippen LogP contribution in [0.3, 0.4) is 0 Å². The second-order valence-corrected chi connectivity index (χ2v) is 4.61. The molecule has 2 aromatic rings. The van der Waals surface area contributed by atoms with Crippen molar-refractivity contribution in [1.29, 1.82) is 0 Å². The highest BCUT2D eigenvalue weighted by Gasteiger charge is 2.04. The summed E-state index contributed by atoms with van der Waals surface area (Å²) in [6.07, 6.45) is 0. The molecule has 4 N–H and O–H groups in total. The topological polar surface area (TPSA) is 77.3 Å². The molecule has 2 rings (SSSR count). The number of guanidine groups is 1. The number of aliphatic imine (C=N–C) groups is 1. The lowest BCUT2D eigenvalue weighted by atomic mass is 10.2. The lowest BCUT2D eigenvalue weighted by Gasteiger charge is -2.00. The van der Waals surface area contributed by atoms with E-state index in [9.17, 15) is 0 Å². The molecule has 0 unspecified atom stereocenters. The summed E-state index contributed by atoms with van der Waals surface area (Å²) in [5.41, 5.74) is 13.6. The van der Waals surface area contributed by atoms with Crippen LogP contribution in [0, 0.1) is 13.8 Å². The summed E-state index contributed by atoms with van der Waals surface area (Å²) in [5.74, 6) is 0.0821. The van der Waals surface area contributed by atoms with Gasteiger partial charge in [-0.2, -0.15) is 0 Å². The molecule has 0 saturated carbocycles. The van der Waals surface area contributed by atoms with E-state index >= 15 is 0 Å². The first-order valence-electron chi connectivity index (χ1n) is 4.53. The number of fused-ring (bicyclic) bond motifs is 1. The molecule has 0 bridgehead atoms. The molecule has 0 aliphatic rings. The number of rotatable bonds is 1. The van der Waals surface area contributed by atoms with Crippen LogP contribution in [0.2, 0.25) is 0 Å². The number of thiazole rings is 1. The predicted octanol–water partition coefficient (Wildman–Crippen LogP) is 1.82. The van der Waals surface area contributed by atoms with E-state index in [1.807, 2.05) is 26.0 Å². The lowest BCUT2D eigenvalue weighted by molar-refractivity contribution is 1.33. The zero-order valence-corrected chi connectivity index (χ0v) is 9.43. The molecule has 0 aliphatic carbocycles. The van der Waals surface area contributed by atoms with E-state index < -0.39 is 0 Å². The maximum absolute atomic E-state index is 5.36. The Hall–Kier alpha value is -1.62. The summed E-state index contributed by atoms with van der Waals surface area (Å²) >= 11 is 1.64. The fourth-order valence-electron chi connectivity index (χ4n) is 1.44. The Kier molecular flexibility index (Phi) is 2.32. The van der Waals surface area contributed by atoms with Crippen LogP contribution in [0.25, 0.3) is 10.2 Å². The van der Waals surface area contributed by atoms with Crippen molar-refractivity contribution in [2.75, 3.05) is 0 Å². The van der Waals surface area contributed by atoms with E-state index in [2.05, 4.69) is 9.98 Å². The van der Waals surface area contributed by atoms with Gasteiger partial charge in [-0.05, 0) is 31.5 Å². The molecular formula is C10H12N4S. The molecule has 5 heteroatoms. The monoisotopic (exact) mass is 220 g/mol. The van der Waals surface area contributed by atoms with E-state index in [4.69, 9.17) is 11.5 Å². The first-order chi connectivity index (χ1) is 7.06. The van der Waals surface area contributed by atoms with Crippen molar-refractivity contribution in [3.63, 3.8) is 0 Å². The summed E-state index contributed by atoms with van der Waals surface area (Å²) < 4.78 is 1.11. The zero-order chi connectivity index (χ0) is 11.0. The summed E-state index contributed by atoms with van der Waals surface area (Å²) in [6.45, 7) is 3.95. The maximum atomic E-state index is 5.36. The van der Waals surface area contributed by atoms with Gasteiger partial charge in [-0.25, -0.2) is 9.98 Å². The molecule has 0 aliphatic heterocycles. The van der Waals surface area contributed by atoms with Gasteiger partial charge >= 0.3 is 0 Å². The number of aromatic nitrogens is 1. The van der Waals surface area contributed by atoms with Crippen molar-refractivity contribution in [3.8, 4) is 0 Å². The molecule has 0 atom stereocenters. The van der Waals surface area contributed by atoms with Crippen LogP contribution in [0.15, 0.2) is 17.1 Å². The molecule has 1 aromatic heterocycles. The van der Waals surface area contributed by atoms with Gasteiger partial charge in [-0.1, -0.05) is 0 Å². The number of benzene rings is 1. The van der Waals surface area contributed by atoms with Crippen LogP contribution in [0.5, 0.6) is 0 Å². The minimum atomic E-state index is 0.0821. The Morgan fingerprint density at radius 1 is 1.33 bits per heavy atom. The van der Waals surface area contributed by atoms with Crippen molar-refractivity contribution in [3.05, 3.63) is 22.7 Å². The third-order valence-corrected chi connectivity index (χ3v) is 3.00. The maximum Gasteiger partial charge on any atom is 0.191 e. The minimum Gasteiger partial charge on any atom is -0.370 e. The Bertz CT molecular complexity index is 538. The number of hydrogen-bond donors (Lipinski definition) is 2. The largest absolute Gasteiger partial charge is 0.370 e. The third kappa shape index (κ3) is 1.92. The van der Waals surface area contributed by atoms with E-state index in [-0.39, 0.29) is 5.96 Å². The molecule has 0 amide bonds. The number of nitrogens with zero attached hydrogens (tertiary/aromatic N) is 2. The lowest BCUT2D eigenvalue weighted by Crippen LogP contribution is -2.21. The molecule has 0 saturated heterocycles. The van der Waals surface area contributed by atoms with Crippen molar-refractivity contribution < 1.29 is 0 Å². The van der Waals surface area contributed by atoms with Crippen molar-refractivity contribution in [2.24, 2.45) is 16.5 Å². The molecule has 4 nitrogen and oxygen atoms in total. The molecular weight excluding hydrogens is 208 g/mol. The summed E-state index contributed by atoms with van der Waals surface area (Å²) in [7, 11) is 0. The minimum absolute atomic E-state index is 0.0821. The van der Waals surface area contributed by atoms with Gasteiger partial charge in [0, 0.05) is 0 Å². The van der Waals surface area contributed by atoms with E-state index in [1.54, 1.807) is 11.3 Å². The second kappa shape index (κ2) is 3.51. The number of aryl methyl sites for hydroxylation is 2. The second-order valence-electron chi connectivity index (χ2n) is 3.38. The smallest absolute Gasteiger partial charge is 0.191 e. The average Bonchev–Trinajstić information content (AvgIpc) is 2.44. The molecule has 1 aromatic carbocycles. The van der Waals surface area contributed by atoms with Crippen LogP contribution in [-0.2, 0) is 0 Å². The third-order valence-electron chi connectivity index (χ3n) is 2.06. The van der Waals surface area contributed by atoms with Gasteiger partial charge in [0.2, 0.25) is 0 Å². The van der Waals surface area contributed by atoms with Crippen molar-refractivity contribution >= 4 is 33.2 Å². The van der Waals surface area contributed by atoms with E-state index in [0.717, 1.165) is 26.5 Å². The van der Waals surface area contributed by atoms with Crippen molar-refractivity contribution in [1.82, 2.24) is 4.98 Å². The van der Waals surface area contributed by atoms with Gasteiger partial charge in [0.25, 0.3) is 0 Å². The van der Waals surface area contributed by atoms with Gasteiger partial charge in [0.15, 0.2) is 5.96 Å². The average molecular weight is 220 g/mol. The van der Waals surface area contributed by atoms with Crippen LogP contribution >= 0.6 is 11.3 Å². The highest BCUT2D eigenvalue weighted by Crippen LogP contribution is 2.29. The summed E-state index contributed by atoms with van der Waals surface area (Å²) in [5, 5.41) is 1.05. The molecule has 0 spiro atoms. The molecule has 15 heavy (non-hydrogen) atoms. The van der Waals surface area contributed by atoms with Crippen LogP contribution in [0.1, 0.15) is 10.6 Å². The highest BCUT2D eigenvalue weighted by molar-refractivity contribution is 7.18. The SMILES string of the molecule is Cc1nc2cc(C)c(N=C(N)N)cc2s1. The van der Waals surface area contributed by atoms with Gasteiger partial charge < -0.3 is 11.5 Å². The quantitative estimate of drug-likeness (QED) is 0.568. The predicted molar refractivity (Wildman–Crippen MR) is 64.6 cm³/mol. The summed E-state index contributed by atoms with van der Waals surface area (Å²) in [6, 6.07) is 3.97. The van der Waals surface area contributed by atoms with E-state index in [1.165, 1.54) is 0 Å². The number of nitrogens with two attached hydrogens (primary N) is 2. The number of hydrogen-bond acceptors (Lipinski definition) is 3. The van der Waals surface area contributed by atoms with Gasteiger partial charge in [-0.3, -0.25) is 0 Å². The zero-order valence-electron chi connectivity index (χ0n) is 8.61. The van der Waals surface area contributed by atoms with Crippen molar-refractivity contribution in [2.45, 2.75) is 13.8 Å². The molecule has 0 fully saturated rings. The van der Waals surface area contributed by atoms with Crippen LogP contribution in [-0.4, -0.2) is 10.9 Å². The normalized spacial score (nSPS) is 10.5. The fraction of sp³-hybridized carbons (Fsp3) is 0.200. The highest BCUT2D eigenvalue weighted by atomic mass is 32.1. The Balaban J connectivity index is 2.66. The fourth-order valence-corrected chi connectivity index (χ4v) is 2.28. The van der Waals surface area contributed by atoms with Gasteiger partial charge in [0.05, 0.1) is 20.9 Å². The van der Waals surface area contributed by atoms with E-state index in [0.29, 0.717) is 0 Å². The molecule has 1 heterocycles. The first-order valence-corrected chi connectivity index (χ1v) is 5.35. The van der Waals surface area contributed by atoms with Crippen LogP contribution < -0.4 is 11.5 Å². The van der Waals surface area contributed by atoms with Gasteiger partial charge in [-0.15, -0.1) is 11.3 Å². The molecule has 78 valence electrons. The summed E-state index contributed by atoms with van der Waals surface area (Å²) in [4.78, 5) is 8.47. The molecule has 0 radical (unpaired) electrons. The first kappa shape index (κ1) is 9.92. The Labute approximate surface area is 91.6 Å². The van der Waals surface area contributed by atoms with Gasteiger partial charge in [0.1, 0.15) is 0 Å².